The molecule has 2 N–H and O–H groups in total. The van der Waals surface area contributed by atoms with E-state index in [1.807, 2.05) is 67.7 Å². The normalized spacial score (nSPS) is 18.0. The number of ketones is 1. The van der Waals surface area contributed by atoms with E-state index in [1.54, 1.807) is 18.2 Å². The lowest BCUT2D eigenvalue weighted by atomic mass is 10.0. The van der Waals surface area contributed by atoms with Gasteiger partial charge in [-0.25, -0.2) is 0 Å². The molecular formula is C25H24N2O2. The zero-order valence-corrected chi connectivity index (χ0v) is 16.6. The van der Waals surface area contributed by atoms with Crippen LogP contribution in [-0.4, -0.2) is 12.8 Å². The summed E-state index contributed by atoms with van der Waals surface area (Å²) in [5.41, 5.74) is 4.00. The topological polar surface area (TPSA) is 50.4 Å². The van der Waals surface area contributed by atoms with Gasteiger partial charge < -0.3 is 10.1 Å². The van der Waals surface area contributed by atoms with Crippen LogP contribution in [0.2, 0.25) is 0 Å². The van der Waals surface area contributed by atoms with Crippen LogP contribution in [0.4, 0.5) is 0 Å². The summed E-state index contributed by atoms with van der Waals surface area (Å²) in [6, 6.07) is 23.4. The summed E-state index contributed by atoms with van der Waals surface area (Å²) in [6.45, 7) is 2.14. The van der Waals surface area contributed by atoms with Crippen molar-refractivity contribution < 1.29 is 9.53 Å². The predicted molar refractivity (Wildman–Crippen MR) is 116 cm³/mol. The van der Waals surface area contributed by atoms with Crippen molar-refractivity contribution in [3.63, 3.8) is 0 Å². The minimum Gasteiger partial charge on any atom is -0.457 e. The van der Waals surface area contributed by atoms with Gasteiger partial charge in [-0.2, -0.15) is 0 Å². The molecule has 2 atom stereocenters. The van der Waals surface area contributed by atoms with Crippen LogP contribution < -0.4 is 15.4 Å². The second-order valence-electron chi connectivity index (χ2n) is 7.10. The van der Waals surface area contributed by atoms with Crippen molar-refractivity contribution in [3.05, 3.63) is 101 Å². The Hall–Kier alpha value is -3.21. The molecule has 1 aliphatic rings. The summed E-state index contributed by atoms with van der Waals surface area (Å²) >= 11 is 0. The molecule has 1 heterocycles. The summed E-state index contributed by atoms with van der Waals surface area (Å²) in [4.78, 5) is 12.4. The van der Waals surface area contributed by atoms with Crippen LogP contribution in [0.25, 0.3) is 6.08 Å². The fraction of sp³-hybridized carbons (Fsp3) is 0.160. The van der Waals surface area contributed by atoms with Crippen molar-refractivity contribution in [3.8, 4) is 11.5 Å². The lowest BCUT2D eigenvalue weighted by molar-refractivity contribution is 0.104. The maximum Gasteiger partial charge on any atom is 0.185 e. The first-order valence-corrected chi connectivity index (χ1v) is 9.77. The van der Waals surface area contributed by atoms with Gasteiger partial charge in [0.2, 0.25) is 0 Å². The molecule has 4 rings (SSSR count). The first kappa shape index (κ1) is 19.1. The van der Waals surface area contributed by atoms with Crippen molar-refractivity contribution in [1.29, 1.82) is 0 Å². The van der Waals surface area contributed by atoms with E-state index in [4.69, 9.17) is 4.74 Å². The van der Waals surface area contributed by atoms with Crippen LogP contribution in [0.3, 0.4) is 0 Å². The van der Waals surface area contributed by atoms with E-state index in [-0.39, 0.29) is 18.0 Å². The van der Waals surface area contributed by atoms with Crippen LogP contribution in [-0.2, 0) is 0 Å². The summed E-state index contributed by atoms with van der Waals surface area (Å²) in [5, 5.41) is 6.79. The van der Waals surface area contributed by atoms with Gasteiger partial charge in [0.25, 0.3) is 0 Å². The number of rotatable bonds is 6. The molecule has 0 saturated heterocycles. The Morgan fingerprint density at radius 2 is 1.76 bits per heavy atom. The Bertz CT molecular complexity index is 1030. The molecule has 146 valence electrons. The molecule has 0 fully saturated rings. The molecule has 0 bridgehead atoms. The van der Waals surface area contributed by atoms with Gasteiger partial charge >= 0.3 is 0 Å². The number of hydrogen-bond acceptors (Lipinski definition) is 4. The number of nitrogens with one attached hydrogen (secondary N) is 2. The lowest BCUT2D eigenvalue weighted by Gasteiger charge is -2.15. The smallest absolute Gasteiger partial charge is 0.185 e. The SMILES string of the molecule is CNC1NC(C)c2cccc(Oc3ccc(C(=O)C=Cc4ccccc4)cc3)c21. The highest BCUT2D eigenvalue weighted by atomic mass is 16.5. The molecule has 3 aromatic carbocycles. The first-order chi connectivity index (χ1) is 14.2. The van der Waals surface area contributed by atoms with Crippen LogP contribution >= 0.6 is 0 Å². The fourth-order valence-corrected chi connectivity index (χ4v) is 3.63. The molecule has 0 saturated carbocycles. The van der Waals surface area contributed by atoms with E-state index in [2.05, 4.69) is 23.6 Å². The van der Waals surface area contributed by atoms with Crippen LogP contribution in [0, 0.1) is 0 Å². The van der Waals surface area contributed by atoms with Gasteiger partial charge in [-0.15, -0.1) is 0 Å². The highest BCUT2D eigenvalue weighted by Crippen LogP contribution is 2.39. The average molecular weight is 384 g/mol. The summed E-state index contributed by atoms with van der Waals surface area (Å²) in [5.74, 6) is 1.49. The minimum atomic E-state index is -0.0331. The lowest BCUT2D eigenvalue weighted by Crippen LogP contribution is -2.26. The average Bonchev–Trinajstić information content (AvgIpc) is 3.10. The predicted octanol–water partition coefficient (Wildman–Crippen LogP) is 5.26. The molecule has 1 aliphatic heterocycles. The summed E-state index contributed by atoms with van der Waals surface area (Å²) < 4.78 is 6.16. The number of carbonyl (C=O) groups is 1. The third-order valence-electron chi connectivity index (χ3n) is 5.15. The van der Waals surface area contributed by atoms with Gasteiger partial charge in [-0.05, 0) is 61.5 Å². The standard InChI is InChI=1S/C25H24N2O2/c1-17-21-9-6-10-23(24(21)25(26-2)27-17)29-20-14-12-19(13-15-20)22(28)16-11-18-7-4-3-5-8-18/h3-17,25-27H,1-2H3. The molecule has 0 aromatic heterocycles. The van der Waals surface area contributed by atoms with E-state index in [1.165, 1.54) is 5.56 Å². The Kier molecular flexibility index (Phi) is 5.56. The fourth-order valence-electron chi connectivity index (χ4n) is 3.63. The van der Waals surface area contributed by atoms with E-state index < -0.39 is 0 Å². The summed E-state index contributed by atoms with van der Waals surface area (Å²) in [7, 11) is 1.93. The van der Waals surface area contributed by atoms with Gasteiger partial charge in [-0.1, -0.05) is 48.5 Å². The number of ether oxygens (including phenoxy) is 1. The van der Waals surface area contributed by atoms with Gasteiger partial charge in [-0.3, -0.25) is 10.1 Å². The maximum absolute atomic E-state index is 12.4. The van der Waals surface area contributed by atoms with Crippen molar-refractivity contribution in [1.82, 2.24) is 10.6 Å². The largest absolute Gasteiger partial charge is 0.457 e. The molecular weight excluding hydrogens is 360 g/mol. The van der Waals surface area contributed by atoms with Gasteiger partial charge in [0.15, 0.2) is 5.78 Å². The number of carbonyl (C=O) groups excluding carboxylic acids is 1. The minimum absolute atomic E-state index is 0.0331. The number of fused-ring (bicyclic) bond motifs is 1. The number of benzene rings is 3. The highest BCUT2D eigenvalue weighted by Gasteiger charge is 2.29. The monoisotopic (exact) mass is 384 g/mol. The van der Waals surface area contributed by atoms with Crippen LogP contribution in [0.5, 0.6) is 11.5 Å². The van der Waals surface area contributed by atoms with E-state index in [9.17, 15) is 4.79 Å². The Labute approximate surface area is 171 Å². The molecule has 3 aromatic rings. The maximum atomic E-state index is 12.4. The number of allylic oxidation sites excluding steroid dienone is 1. The molecule has 0 spiro atoms. The van der Waals surface area contributed by atoms with Crippen molar-refractivity contribution in [2.75, 3.05) is 7.05 Å². The van der Waals surface area contributed by atoms with Gasteiger partial charge in [0.05, 0.1) is 6.17 Å². The molecule has 0 amide bonds. The third kappa shape index (κ3) is 4.14. The molecule has 0 radical (unpaired) electrons. The van der Waals surface area contributed by atoms with E-state index >= 15 is 0 Å². The Balaban J connectivity index is 1.50. The Morgan fingerprint density at radius 3 is 2.48 bits per heavy atom. The molecule has 4 heteroatoms. The Morgan fingerprint density at radius 1 is 1.00 bits per heavy atom. The van der Waals surface area contributed by atoms with Crippen LogP contribution in [0.15, 0.2) is 78.9 Å². The van der Waals surface area contributed by atoms with E-state index in [0.717, 1.165) is 16.9 Å². The molecule has 2 unspecified atom stereocenters. The second-order valence-corrected chi connectivity index (χ2v) is 7.10. The van der Waals surface area contributed by atoms with Crippen molar-refractivity contribution in [2.24, 2.45) is 0 Å². The zero-order chi connectivity index (χ0) is 20.2. The second kappa shape index (κ2) is 8.43. The van der Waals surface area contributed by atoms with Crippen LogP contribution in [0.1, 0.15) is 46.2 Å². The number of hydrogen-bond donors (Lipinski definition) is 2. The van der Waals surface area contributed by atoms with Crippen molar-refractivity contribution >= 4 is 11.9 Å². The quantitative estimate of drug-likeness (QED) is 0.450. The molecule has 0 aliphatic carbocycles. The van der Waals surface area contributed by atoms with Gasteiger partial charge in [0.1, 0.15) is 11.5 Å². The first-order valence-electron chi connectivity index (χ1n) is 9.77. The third-order valence-corrected chi connectivity index (χ3v) is 5.15. The molecule has 29 heavy (non-hydrogen) atoms. The summed E-state index contributed by atoms with van der Waals surface area (Å²) in [6.07, 6.45) is 3.48. The molecule has 4 nitrogen and oxygen atoms in total. The van der Waals surface area contributed by atoms with E-state index in [0.29, 0.717) is 11.3 Å². The zero-order valence-electron chi connectivity index (χ0n) is 16.6. The van der Waals surface area contributed by atoms with Gasteiger partial charge in [0, 0.05) is 17.2 Å². The highest BCUT2D eigenvalue weighted by molar-refractivity contribution is 6.06. The van der Waals surface area contributed by atoms with Crippen molar-refractivity contribution in [2.45, 2.75) is 19.1 Å².